The normalized spacial score (nSPS) is 10.2. The van der Waals surface area contributed by atoms with Gasteiger partial charge in [0.25, 0.3) is 0 Å². The van der Waals surface area contributed by atoms with Gasteiger partial charge in [0.1, 0.15) is 6.07 Å². The van der Waals surface area contributed by atoms with Gasteiger partial charge in [-0.1, -0.05) is 6.07 Å². The van der Waals surface area contributed by atoms with Crippen LogP contribution in [0.5, 0.6) is 0 Å². The maximum atomic E-state index is 11.3. The van der Waals surface area contributed by atoms with Crippen molar-refractivity contribution in [3.05, 3.63) is 29.5 Å². The number of fused-ring (bicyclic) bond motifs is 1. The molecule has 4 heteroatoms. The first-order chi connectivity index (χ1) is 7.13. The molecule has 74 valence electrons. The van der Waals surface area contributed by atoms with E-state index in [9.17, 15) is 4.79 Å². The maximum absolute atomic E-state index is 11.3. The Balaban J connectivity index is 2.89. The van der Waals surface area contributed by atoms with Crippen LogP contribution in [0, 0.1) is 18.3 Å². The maximum Gasteiger partial charge on any atom is 0.244 e. The number of benzene rings is 1. The fourth-order valence-electron chi connectivity index (χ4n) is 1.55. The predicted molar refractivity (Wildman–Crippen MR) is 55.5 cm³/mol. The molecule has 1 aromatic heterocycles. The van der Waals surface area contributed by atoms with Crippen LogP contribution in [0.15, 0.2) is 18.2 Å². The van der Waals surface area contributed by atoms with Gasteiger partial charge in [-0.2, -0.15) is 15.0 Å². The summed E-state index contributed by atoms with van der Waals surface area (Å²) in [5.41, 5.74) is 2.02. The van der Waals surface area contributed by atoms with Crippen molar-refractivity contribution >= 4 is 16.8 Å². The molecule has 0 N–H and O–H groups in total. The first-order valence-electron chi connectivity index (χ1n) is 4.54. The lowest BCUT2D eigenvalue weighted by molar-refractivity contribution is 0.0926. The van der Waals surface area contributed by atoms with Gasteiger partial charge < -0.3 is 0 Å². The summed E-state index contributed by atoms with van der Waals surface area (Å²) in [5.74, 6) is -0.188. The fraction of sp³-hybridized carbons (Fsp3) is 0.182. The zero-order chi connectivity index (χ0) is 11.0. The van der Waals surface area contributed by atoms with Crippen LogP contribution < -0.4 is 0 Å². The van der Waals surface area contributed by atoms with Crippen LogP contribution >= 0.6 is 0 Å². The molecule has 0 aliphatic rings. The molecular weight excluding hydrogens is 190 g/mol. The van der Waals surface area contributed by atoms with E-state index >= 15 is 0 Å². The van der Waals surface area contributed by atoms with Gasteiger partial charge in [-0.15, -0.1) is 0 Å². The molecule has 1 heterocycles. The fourth-order valence-corrected chi connectivity index (χ4v) is 1.55. The highest BCUT2D eigenvalue weighted by Crippen LogP contribution is 2.19. The van der Waals surface area contributed by atoms with Gasteiger partial charge in [-0.3, -0.25) is 4.79 Å². The summed E-state index contributed by atoms with van der Waals surface area (Å²) in [6.45, 7) is 3.36. The molecule has 2 aromatic rings. The Labute approximate surface area is 86.7 Å². The largest absolute Gasteiger partial charge is 0.273 e. The first-order valence-corrected chi connectivity index (χ1v) is 4.54. The van der Waals surface area contributed by atoms with Crippen molar-refractivity contribution in [3.8, 4) is 6.07 Å². The SMILES string of the molecule is CC(=O)n1nc(C#N)c2ccc(C)cc21. The molecule has 15 heavy (non-hydrogen) atoms. The minimum Gasteiger partial charge on any atom is -0.273 e. The van der Waals surface area contributed by atoms with Gasteiger partial charge >= 0.3 is 0 Å². The zero-order valence-corrected chi connectivity index (χ0v) is 8.48. The third-order valence-electron chi connectivity index (χ3n) is 2.24. The summed E-state index contributed by atoms with van der Waals surface area (Å²) >= 11 is 0. The highest BCUT2D eigenvalue weighted by Gasteiger charge is 2.12. The third-order valence-corrected chi connectivity index (χ3v) is 2.24. The smallest absolute Gasteiger partial charge is 0.244 e. The Morgan fingerprint density at radius 1 is 1.53 bits per heavy atom. The molecule has 4 nitrogen and oxygen atoms in total. The Bertz CT molecular complexity index is 590. The lowest BCUT2D eigenvalue weighted by Gasteiger charge is -1.97. The van der Waals surface area contributed by atoms with Gasteiger partial charge in [0, 0.05) is 12.3 Å². The number of hydrogen-bond acceptors (Lipinski definition) is 3. The summed E-state index contributed by atoms with van der Waals surface area (Å²) in [7, 11) is 0. The zero-order valence-electron chi connectivity index (χ0n) is 8.48. The second-order valence-electron chi connectivity index (χ2n) is 3.41. The summed E-state index contributed by atoms with van der Waals surface area (Å²) in [5, 5.41) is 13.5. The number of rotatable bonds is 0. The predicted octanol–water partition coefficient (Wildman–Crippen LogP) is 1.88. The second-order valence-corrected chi connectivity index (χ2v) is 3.41. The molecule has 0 bridgehead atoms. The number of nitriles is 1. The van der Waals surface area contributed by atoms with Crippen LogP contribution in [-0.2, 0) is 0 Å². The van der Waals surface area contributed by atoms with E-state index in [0.717, 1.165) is 10.9 Å². The van der Waals surface area contributed by atoms with Gasteiger partial charge in [0.15, 0.2) is 5.69 Å². The number of hydrogen-bond donors (Lipinski definition) is 0. The van der Waals surface area contributed by atoms with Crippen LogP contribution in [0.1, 0.15) is 23.0 Å². The van der Waals surface area contributed by atoms with E-state index in [4.69, 9.17) is 5.26 Å². The summed E-state index contributed by atoms with van der Waals surface area (Å²) in [6, 6.07) is 7.55. The van der Waals surface area contributed by atoms with Crippen LogP contribution in [0.25, 0.3) is 10.9 Å². The lowest BCUT2D eigenvalue weighted by Crippen LogP contribution is -2.07. The number of carbonyl (C=O) groups is 1. The van der Waals surface area contributed by atoms with E-state index in [1.165, 1.54) is 11.6 Å². The van der Waals surface area contributed by atoms with E-state index < -0.39 is 0 Å². The summed E-state index contributed by atoms with van der Waals surface area (Å²) in [6.07, 6.45) is 0. The Hall–Kier alpha value is -2.15. The molecule has 2 rings (SSSR count). The molecule has 0 atom stereocenters. The van der Waals surface area contributed by atoms with Crippen LogP contribution in [0.4, 0.5) is 0 Å². The summed E-state index contributed by atoms with van der Waals surface area (Å²) in [4.78, 5) is 11.3. The highest BCUT2D eigenvalue weighted by atomic mass is 16.2. The van der Waals surface area contributed by atoms with Crippen LogP contribution in [-0.4, -0.2) is 15.7 Å². The molecule has 0 fully saturated rings. The second kappa shape index (κ2) is 3.21. The van der Waals surface area contributed by atoms with Crippen LogP contribution in [0.3, 0.4) is 0 Å². The van der Waals surface area contributed by atoms with Crippen LogP contribution in [0.2, 0.25) is 0 Å². The molecule has 0 saturated carbocycles. The standard InChI is InChI=1S/C11H9N3O/c1-7-3-4-9-10(6-12)13-14(8(2)15)11(9)5-7/h3-5H,1-2H3. The molecule has 0 radical (unpaired) electrons. The Morgan fingerprint density at radius 2 is 2.27 bits per heavy atom. The van der Waals surface area contributed by atoms with Crippen molar-refractivity contribution in [1.29, 1.82) is 5.26 Å². The third kappa shape index (κ3) is 1.38. The molecule has 0 aliphatic carbocycles. The summed E-state index contributed by atoms with van der Waals surface area (Å²) < 4.78 is 1.26. The molecule has 0 amide bonds. The number of carbonyl (C=O) groups excluding carboxylic acids is 1. The van der Waals surface area contributed by atoms with Crippen molar-refractivity contribution in [2.45, 2.75) is 13.8 Å². The first kappa shape index (κ1) is 9.41. The monoisotopic (exact) mass is 199 g/mol. The molecule has 0 spiro atoms. The van der Waals surface area contributed by atoms with E-state index in [2.05, 4.69) is 5.10 Å². The topological polar surface area (TPSA) is 58.7 Å². The Kier molecular flexibility index (Phi) is 2.01. The average molecular weight is 199 g/mol. The number of aryl methyl sites for hydroxylation is 1. The molecule has 1 aromatic carbocycles. The molecule has 0 aliphatic heterocycles. The van der Waals surface area contributed by atoms with Crippen molar-refractivity contribution in [1.82, 2.24) is 9.78 Å². The van der Waals surface area contributed by atoms with Crippen molar-refractivity contribution in [3.63, 3.8) is 0 Å². The number of nitrogens with zero attached hydrogens (tertiary/aromatic N) is 3. The van der Waals surface area contributed by atoms with Crippen molar-refractivity contribution < 1.29 is 4.79 Å². The van der Waals surface area contributed by atoms with E-state index in [0.29, 0.717) is 11.2 Å². The number of aromatic nitrogens is 2. The van der Waals surface area contributed by atoms with Gasteiger partial charge in [0.05, 0.1) is 5.52 Å². The van der Waals surface area contributed by atoms with Gasteiger partial charge in [-0.05, 0) is 24.6 Å². The van der Waals surface area contributed by atoms with Gasteiger partial charge in [-0.25, -0.2) is 0 Å². The minimum atomic E-state index is -0.188. The molecule has 0 unspecified atom stereocenters. The Morgan fingerprint density at radius 3 is 2.87 bits per heavy atom. The van der Waals surface area contributed by atoms with Crippen molar-refractivity contribution in [2.24, 2.45) is 0 Å². The van der Waals surface area contributed by atoms with E-state index in [-0.39, 0.29) is 5.91 Å². The van der Waals surface area contributed by atoms with Crippen molar-refractivity contribution in [2.75, 3.05) is 0 Å². The molecule has 0 saturated heterocycles. The molecular formula is C11H9N3O. The van der Waals surface area contributed by atoms with E-state index in [1.54, 1.807) is 0 Å². The van der Waals surface area contributed by atoms with Gasteiger partial charge in [0.2, 0.25) is 5.91 Å². The quantitative estimate of drug-likeness (QED) is 0.650. The minimum absolute atomic E-state index is 0.188. The van der Waals surface area contributed by atoms with E-state index in [1.807, 2.05) is 31.2 Å². The average Bonchev–Trinajstić information content (AvgIpc) is 2.55. The lowest BCUT2D eigenvalue weighted by atomic mass is 10.1. The highest BCUT2D eigenvalue weighted by molar-refractivity contribution is 5.92.